The molecule has 0 aliphatic carbocycles. The third-order valence-corrected chi connectivity index (χ3v) is 7.53. The van der Waals surface area contributed by atoms with Gasteiger partial charge in [-0.1, -0.05) is 63.4 Å². The van der Waals surface area contributed by atoms with Crippen LogP contribution in [0.5, 0.6) is 11.5 Å². The predicted octanol–water partition coefficient (Wildman–Crippen LogP) is 5.31. The van der Waals surface area contributed by atoms with Gasteiger partial charge in [0.15, 0.2) is 11.5 Å². The highest BCUT2D eigenvalue weighted by Gasteiger charge is 2.33. The van der Waals surface area contributed by atoms with Gasteiger partial charge >= 0.3 is 14.2 Å². The smallest absolute Gasteiger partial charge is 0.494 e. The van der Waals surface area contributed by atoms with E-state index in [0.717, 1.165) is 23.5 Å². The van der Waals surface area contributed by atoms with Crippen molar-refractivity contribution in [1.29, 1.82) is 0 Å². The van der Waals surface area contributed by atoms with Crippen molar-refractivity contribution >= 4 is 32.4 Å². The van der Waals surface area contributed by atoms with E-state index in [2.05, 4.69) is 10.6 Å². The molecule has 3 unspecified atom stereocenters. The summed E-state index contributed by atoms with van der Waals surface area (Å²) in [6.45, 7) is 5.72. The minimum atomic E-state index is -2.91. The second-order valence-electron chi connectivity index (χ2n) is 10.5. The molecule has 0 fully saturated rings. The molecule has 0 saturated carbocycles. The zero-order valence-electron chi connectivity index (χ0n) is 26.7. The fourth-order valence-electron chi connectivity index (χ4n) is 4.99. The van der Waals surface area contributed by atoms with E-state index in [1.807, 2.05) is 13.0 Å². The highest BCUT2D eigenvalue weighted by Crippen LogP contribution is 2.34. The van der Waals surface area contributed by atoms with Crippen LogP contribution < -0.4 is 19.9 Å². The molecule has 14 heteroatoms. The highest BCUT2D eigenvalue weighted by atomic mass is 31.1. The molecule has 0 saturated heterocycles. The standard InChI is InChI=1S/C33H40N3O10P/c1-4-7-9-14-27(28(5-2)36(22-37)45-31(38)17-23-12-10-8-11-13-23)32(39)34-21-35-33(40)30-16-15-29(44-30)24-18-25(43-6-3)20-26(19-24)46-47(41)42/h8,10-13,15-16,18-20,22,27-28H,4-7,9,14,17,21H2,1-3H3,(H2-,34,35,39,40,41,42)/p+1. The SMILES string of the molecule is CCCCCC(C(=O)NCNC(=O)c1ccc(-c2cc(OCC)cc(O[P+](=O)O)c2)o1)C(CC)N(C=O)OC(=O)Cc1ccccc1. The van der Waals surface area contributed by atoms with Crippen LogP contribution in [-0.4, -0.2) is 53.5 Å². The Kier molecular flexibility index (Phi) is 14.9. The second-order valence-corrected chi connectivity index (χ2v) is 11.2. The lowest BCUT2D eigenvalue weighted by molar-refractivity contribution is -0.203. The van der Waals surface area contributed by atoms with Crippen molar-refractivity contribution in [3.8, 4) is 22.8 Å². The molecule has 0 bridgehead atoms. The molecule has 13 nitrogen and oxygen atoms in total. The maximum atomic E-state index is 13.4. The summed E-state index contributed by atoms with van der Waals surface area (Å²) in [7, 11) is -2.91. The normalized spacial score (nSPS) is 12.3. The van der Waals surface area contributed by atoms with E-state index in [9.17, 15) is 23.7 Å². The van der Waals surface area contributed by atoms with E-state index >= 15 is 0 Å². The average Bonchev–Trinajstić information content (AvgIpc) is 3.55. The summed E-state index contributed by atoms with van der Waals surface area (Å²) >= 11 is 0. The fourth-order valence-corrected chi connectivity index (χ4v) is 5.27. The van der Waals surface area contributed by atoms with Gasteiger partial charge in [0.2, 0.25) is 12.3 Å². The van der Waals surface area contributed by atoms with Crippen LogP contribution in [0.3, 0.4) is 0 Å². The molecule has 3 atom stereocenters. The van der Waals surface area contributed by atoms with E-state index in [0.29, 0.717) is 43.6 Å². The molecule has 0 aliphatic heterocycles. The summed E-state index contributed by atoms with van der Waals surface area (Å²) in [6, 6.07) is 15.8. The Morgan fingerprint density at radius 1 is 1.00 bits per heavy atom. The Morgan fingerprint density at radius 2 is 1.74 bits per heavy atom. The number of benzene rings is 2. The monoisotopic (exact) mass is 670 g/mol. The van der Waals surface area contributed by atoms with Crippen molar-refractivity contribution in [2.24, 2.45) is 5.92 Å². The Labute approximate surface area is 274 Å². The number of carbonyl (C=O) groups excluding carboxylic acids is 4. The molecule has 3 N–H and O–H groups in total. The van der Waals surface area contributed by atoms with Crippen molar-refractivity contribution in [1.82, 2.24) is 15.7 Å². The predicted molar refractivity (Wildman–Crippen MR) is 172 cm³/mol. The van der Waals surface area contributed by atoms with Crippen molar-refractivity contribution in [3.05, 3.63) is 72.0 Å². The summed E-state index contributed by atoms with van der Waals surface area (Å²) in [5, 5.41) is 6.21. The Morgan fingerprint density at radius 3 is 2.40 bits per heavy atom. The van der Waals surface area contributed by atoms with E-state index < -0.39 is 38.0 Å². The van der Waals surface area contributed by atoms with Gasteiger partial charge in [-0.3, -0.25) is 14.4 Å². The van der Waals surface area contributed by atoms with Gasteiger partial charge in [-0.25, -0.2) is 9.32 Å². The van der Waals surface area contributed by atoms with Crippen LogP contribution in [0.15, 0.2) is 65.1 Å². The molecule has 0 aliphatic rings. The third-order valence-electron chi connectivity index (χ3n) is 7.17. The van der Waals surface area contributed by atoms with E-state index in [1.165, 1.54) is 18.2 Å². The molecule has 3 amide bonds. The Bertz CT molecular complexity index is 1500. The average molecular weight is 671 g/mol. The number of hydrogen-bond donors (Lipinski definition) is 3. The number of furan rings is 1. The van der Waals surface area contributed by atoms with Crippen LogP contribution in [0.25, 0.3) is 11.3 Å². The summed E-state index contributed by atoms with van der Waals surface area (Å²) in [6.07, 6.45) is 3.65. The van der Waals surface area contributed by atoms with Gasteiger partial charge in [-0.2, -0.15) is 5.06 Å². The number of nitrogens with one attached hydrogen (secondary N) is 2. The van der Waals surface area contributed by atoms with Crippen LogP contribution in [0, 0.1) is 5.92 Å². The Balaban J connectivity index is 1.65. The van der Waals surface area contributed by atoms with Gasteiger partial charge in [0.05, 0.1) is 31.7 Å². The molecule has 1 heterocycles. The first kappa shape index (κ1) is 36.7. The zero-order valence-corrected chi connectivity index (χ0v) is 27.6. The first-order valence-electron chi connectivity index (χ1n) is 15.4. The lowest BCUT2D eigenvalue weighted by Gasteiger charge is -2.31. The van der Waals surface area contributed by atoms with Gasteiger partial charge < -0.3 is 24.6 Å². The molecule has 252 valence electrons. The molecule has 1 aromatic heterocycles. The van der Waals surface area contributed by atoms with Crippen LogP contribution in [-0.2, 0) is 30.2 Å². The lowest BCUT2D eigenvalue weighted by atomic mass is 9.90. The third kappa shape index (κ3) is 11.5. The number of unbranched alkanes of at least 4 members (excludes halogenated alkanes) is 2. The van der Waals surface area contributed by atoms with Crippen LogP contribution in [0.2, 0.25) is 0 Å². The van der Waals surface area contributed by atoms with Gasteiger partial charge in [-0.15, -0.1) is 4.89 Å². The maximum absolute atomic E-state index is 13.4. The van der Waals surface area contributed by atoms with Gasteiger partial charge in [0.25, 0.3) is 5.91 Å². The number of ether oxygens (including phenoxy) is 1. The van der Waals surface area contributed by atoms with Crippen LogP contribution in [0.1, 0.15) is 69.0 Å². The number of nitrogens with zero attached hydrogens (tertiary/aromatic N) is 1. The first-order valence-corrected chi connectivity index (χ1v) is 16.6. The van der Waals surface area contributed by atoms with Crippen molar-refractivity contribution < 1.29 is 47.2 Å². The molecule has 0 spiro atoms. The fraction of sp³-hybridized carbons (Fsp3) is 0.394. The molecule has 47 heavy (non-hydrogen) atoms. The van der Waals surface area contributed by atoms with Crippen LogP contribution in [0.4, 0.5) is 0 Å². The van der Waals surface area contributed by atoms with Crippen LogP contribution >= 0.6 is 8.25 Å². The first-order chi connectivity index (χ1) is 22.7. The summed E-state index contributed by atoms with van der Waals surface area (Å²) in [5.41, 5.74) is 1.17. The second kappa shape index (κ2) is 19.0. The van der Waals surface area contributed by atoms with Crippen molar-refractivity contribution in [2.45, 2.75) is 65.3 Å². The molecular formula is C33H41N3O10P+. The summed E-state index contributed by atoms with van der Waals surface area (Å²) < 4.78 is 27.3. The quantitative estimate of drug-likeness (QED) is 0.0470. The summed E-state index contributed by atoms with van der Waals surface area (Å²) in [5.74, 6) is -1.68. The molecule has 3 rings (SSSR count). The van der Waals surface area contributed by atoms with Gasteiger partial charge in [0.1, 0.15) is 11.5 Å². The van der Waals surface area contributed by atoms with Gasteiger partial charge in [0, 0.05) is 16.2 Å². The number of carbonyl (C=O) groups is 4. The molecule has 3 aromatic rings. The van der Waals surface area contributed by atoms with E-state index in [1.54, 1.807) is 50.2 Å². The Hall–Kier alpha value is -4.74. The van der Waals surface area contributed by atoms with E-state index in [4.69, 9.17) is 23.4 Å². The number of hydroxylamine groups is 2. The topological polar surface area (TPSA) is 174 Å². The molecule has 0 radical (unpaired) electrons. The number of amides is 3. The lowest BCUT2D eigenvalue weighted by Crippen LogP contribution is -2.49. The highest BCUT2D eigenvalue weighted by molar-refractivity contribution is 7.32. The van der Waals surface area contributed by atoms with Crippen molar-refractivity contribution in [2.75, 3.05) is 13.3 Å². The maximum Gasteiger partial charge on any atom is 0.747 e. The van der Waals surface area contributed by atoms with Gasteiger partial charge in [-0.05, 0) is 49.6 Å². The minimum absolute atomic E-state index is 0.0360. The minimum Gasteiger partial charge on any atom is -0.494 e. The largest absolute Gasteiger partial charge is 0.747 e. The number of hydrogen-bond acceptors (Lipinski definition) is 9. The number of rotatable bonds is 20. The zero-order chi connectivity index (χ0) is 34.2. The molecule has 2 aromatic carbocycles. The van der Waals surface area contributed by atoms with Crippen molar-refractivity contribution in [3.63, 3.8) is 0 Å². The summed E-state index contributed by atoms with van der Waals surface area (Å²) in [4.78, 5) is 65.5. The van der Waals surface area contributed by atoms with E-state index in [-0.39, 0.29) is 30.4 Å². The molecular weight excluding hydrogens is 629 g/mol.